The largest absolute Gasteiger partial charge is 0.444 e. The monoisotopic (exact) mass is 214 g/mol. The molecule has 0 unspecified atom stereocenters. The lowest BCUT2D eigenvalue weighted by Crippen LogP contribution is -2.35. The number of ether oxygens (including phenoxy) is 1. The average molecular weight is 214 g/mol. The normalized spacial score (nSPS) is 21.4. The van der Waals surface area contributed by atoms with E-state index in [4.69, 9.17) is 4.74 Å². The molecule has 1 saturated heterocycles. The number of hydrogen-bond acceptors (Lipinski definition) is 3. The van der Waals surface area contributed by atoms with Crippen LogP contribution in [0.1, 0.15) is 40.0 Å². The van der Waals surface area contributed by atoms with Crippen molar-refractivity contribution >= 4 is 6.09 Å². The van der Waals surface area contributed by atoms with E-state index >= 15 is 0 Å². The molecule has 88 valence electrons. The zero-order valence-corrected chi connectivity index (χ0v) is 9.93. The maximum atomic E-state index is 11.3. The second-order valence-electron chi connectivity index (χ2n) is 5.01. The highest BCUT2D eigenvalue weighted by molar-refractivity contribution is 5.67. The van der Waals surface area contributed by atoms with Crippen molar-refractivity contribution < 1.29 is 9.53 Å². The molecule has 1 atom stereocenters. The highest BCUT2D eigenvalue weighted by Crippen LogP contribution is 2.08. The number of carbonyl (C=O) groups is 1. The van der Waals surface area contributed by atoms with Gasteiger partial charge in [0.15, 0.2) is 0 Å². The standard InChI is InChI=1S/C11H22N2O2/c1-11(2,3)15-10(14)13-8-6-9-5-4-7-12-9/h9,12H,4-8H2,1-3H3,(H,13,14)/t9-/m1/s1. The van der Waals surface area contributed by atoms with Gasteiger partial charge >= 0.3 is 6.09 Å². The molecule has 1 fully saturated rings. The molecule has 1 amide bonds. The van der Waals surface area contributed by atoms with Gasteiger partial charge in [0.05, 0.1) is 0 Å². The summed E-state index contributed by atoms with van der Waals surface area (Å²) in [5, 5.41) is 6.15. The van der Waals surface area contributed by atoms with E-state index in [-0.39, 0.29) is 6.09 Å². The third kappa shape index (κ3) is 5.62. The molecular formula is C11H22N2O2. The highest BCUT2D eigenvalue weighted by atomic mass is 16.6. The van der Waals surface area contributed by atoms with Gasteiger partial charge in [0.2, 0.25) is 0 Å². The van der Waals surface area contributed by atoms with Gasteiger partial charge in [-0.15, -0.1) is 0 Å². The zero-order valence-electron chi connectivity index (χ0n) is 9.93. The van der Waals surface area contributed by atoms with E-state index in [1.165, 1.54) is 12.8 Å². The lowest BCUT2D eigenvalue weighted by molar-refractivity contribution is 0.0526. The summed E-state index contributed by atoms with van der Waals surface area (Å²) in [6.07, 6.45) is 3.13. The van der Waals surface area contributed by atoms with Gasteiger partial charge in [-0.1, -0.05) is 0 Å². The van der Waals surface area contributed by atoms with E-state index in [2.05, 4.69) is 10.6 Å². The summed E-state index contributed by atoms with van der Waals surface area (Å²) in [5.41, 5.74) is -0.407. The molecular weight excluding hydrogens is 192 g/mol. The van der Waals surface area contributed by atoms with Crippen molar-refractivity contribution in [3.63, 3.8) is 0 Å². The molecule has 1 aliphatic heterocycles. The van der Waals surface area contributed by atoms with Gasteiger partial charge in [-0.05, 0) is 46.6 Å². The second kappa shape index (κ2) is 5.35. The van der Waals surface area contributed by atoms with Crippen molar-refractivity contribution in [3.05, 3.63) is 0 Å². The van der Waals surface area contributed by atoms with Crippen LogP contribution in [-0.4, -0.2) is 30.8 Å². The fourth-order valence-corrected chi connectivity index (χ4v) is 1.67. The van der Waals surface area contributed by atoms with E-state index in [1.54, 1.807) is 0 Å². The predicted octanol–water partition coefficient (Wildman–Crippen LogP) is 1.65. The summed E-state index contributed by atoms with van der Waals surface area (Å²) >= 11 is 0. The third-order valence-corrected chi connectivity index (χ3v) is 2.32. The Kier molecular flexibility index (Phi) is 4.39. The number of carbonyl (C=O) groups excluding carboxylic acids is 1. The van der Waals surface area contributed by atoms with Gasteiger partial charge in [-0.25, -0.2) is 4.79 Å². The van der Waals surface area contributed by atoms with Gasteiger partial charge < -0.3 is 15.4 Å². The Labute approximate surface area is 91.8 Å². The van der Waals surface area contributed by atoms with Gasteiger partial charge in [0.25, 0.3) is 0 Å². The molecule has 15 heavy (non-hydrogen) atoms. The molecule has 1 heterocycles. The average Bonchev–Trinajstić information content (AvgIpc) is 2.53. The molecule has 0 aromatic carbocycles. The van der Waals surface area contributed by atoms with E-state index in [0.29, 0.717) is 12.6 Å². The molecule has 0 bridgehead atoms. The van der Waals surface area contributed by atoms with Crippen molar-refractivity contribution in [2.45, 2.75) is 51.7 Å². The summed E-state index contributed by atoms with van der Waals surface area (Å²) in [6, 6.07) is 0.569. The molecule has 1 rings (SSSR count). The summed E-state index contributed by atoms with van der Waals surface area (Å²) < 4.78 is 5.13. The molecule has 0 aliphatic carbocycles. The third-order valence-electron chi connectivity index (χ3n) is 2.32. The zero-order chi connectivity index (χ0) is 11.3. The Morgan fingerprint density at radius 2 is 2.27 bits per heavy atom. The molecule has 2 N–H and O–H groups in total. The Morgan fingerprint density at radius 3 is 2.80 bits per heavy atom. The Morgan fingerprint density at radius 1 is 1.53 bits per heavy atom. The molecule has 0 aromatic rings. The SMILES string of the molecule is CC(C)(C)OC(=O)NCC[C@H]1CCCN1. The van der Waals surface area contributed by atoms with E-state index in [9.17, 15) is 4.79 Å². The number of alkyl carbamates (subject to hydrolysis) is 1. The summed E-state index contributed by atoms with van der Waals surface area (Å²) in [5.74, 6) is 0. The maximum Gasteiger partial charge on any atom is 0.407 e. The van der Waals surface area contributed by atoms with Crippen LogP contribution in [0.3, 0.4) is 0 Å². The van der Waals surface area contributed by atoms with Gasteiger partial charge in [-0.3, -0.25) is 0 Å². The van der Waals surface area contributed by atoms with E-state index < -0.39 is 5.60 Å². The van der Waals surface area contributed by atoms with Gasteiger partial charge in [0, 0.05) is 12.6 Å². The fourth-order valence-electron chi connectivity index (χ4n) is 1.67. The predicted molar refractivity (Wildman–Crippen MR) is 59.9 cm³/mol. The Bertz CT molecular complexity index is 205. The number of nitrogens with one attached hydrogen (secondary N) is 2. The summed E-state index contributed by atoms with van der Waals surface area (Å²) in [4.78, 5) is 11.3. The van der Waals surface area contributed by atoms with Crippen LogP contribution in [0.4, 0.5) is 4.79 Å². The summed E-state index contributed by atoms with van der Waals surface area (Å²) in [7, 11) is 0. The molecule has 1 aliphatic rings. The molecule has 0 spiro atoms. The first kappa shape index (κ1) is 12.3. The fraction of sp³-hybridized carbons (Fsp3) is 0.909. The Balaban J connectivity index is 2.06. The quantitative estimate of drug-likeness (QED) is 0.751. The maximum absolute atomic E-state index is 11.3. The van der Waals surface area contributed by atoms with Crippen LogP contribution in [0.2, 0.25) is 0 Å². The second-order valence-corrected chi connectivity index (χ2v) is 5.01. The number of amides is 1. The lowest BCUT2D eigenvalue weighted by Gasteiger charge is -2.20. The number of hydrogen-bond donors (Lipinski definition) is 2. The smallest absolute Gasteiger partial charge is 0.407 e. The van der Waals surface area contributed by atoms with Crippen LogP contribution in [0, 0.1) is 0 Å². The van der Waals surface area contributed by atoms with Crippen LogP contribution in [0.15, 0.2) is 0 Å². The van der Waals surface area contributed by atoms with Crippen molar-refractivity contribution in [1.29, 1.82) is 0 Å². The molecule has 0 radical (unpaired) electrons. The van der Waals surface area contributed by atoms with Crippen molar-refractivity contribution in [2.75, 3.05) is 13.1 Å². The molecule has 4 heteroatoms. The highest BCUT2D eigenvalue weighted by Gasteiger charge is 2.17. The first-order valence-electron chi connectivity index (χ1n) is 5.67. The van der Waals surface area contributed by atoms with Crippen molar-refractivity contribution in [3.8, 4) is 0 Å². The van der Waals surface area contributed by atoms with Crippen LogP contribution in [0.5, 0.6) is 0 Å². The topological polar surface area (TPSA) is 50.4 Å². The van der Waals surface area contributed by atoms with Gasteiger partial charge in [-0.2, -0.15) is 0 Å². The van der Waals surface area contributed by atoms with E-state index in [1.807, 2.05) is 20.8 Å². The minimum atomic E-state index is -0.407. The van der Waals surface area contributed by atoms with Crippen LogP contribution >= 0.6 is 0 Å². The minimum Gasteiger partial charge on any atom is -0.444 e. The lowest BCUT2D eigenvalue weighted by atomic mass is 10.1. The minimum absolute atomic E-state index is 0.319. The molecule has 0 saturated carbocycles. The Hall–Kier alpha value is -0.770. The summed E-state index contributed by atoms with van der Waals surface area (Å²) in [6.45, 7) is 7.39. The van der Waals surface area contributed by atoms with Crippen LogP contribution in [0.25, 0.3) is 0 Å². The van der Waals surface area contributed by atoms with Crippen LogP contribution in [-0.2, 0) is 4.74 Å². The van der Waals surface area contributed by atoms with Crippen molar-refractivity contribution in [2.24, 2.45) is 0 Å². The van der Waals surface area contributed by atoms with Gasteiger partial charge in [0.1, 0.15) is 5.60 Å². The molecule has 0 aromatic heterocycles. The van der Waals surface area contributed by atoms with Crippen molar-refractivity contribution in [1.82, 2.24) is 10.6 Å². The first-order chi connectivity index (χ1) is 6.97. The first-order valence-corrected chi connectivity index (χ1v) is 5.67. The van der Waals surface area contributed by atoms with E-state index in [0.717, 1.165) is 13.0 Å². The molecule has 4 nitrogen and oxygen atoms in total. The number of rotatable bonds is 3. The van der Waals surface area contributed by atoms with Crippen LogP contribution < -0.4 is 10.6 Å².